The van der Waals surface area contributed by atoms with Crippen LogP contribution in [0, 0.1) is 12.8 Å². The first-order valence-corrected chi connectivity index (χ1v) is 14.0. The van der Waals surface area contributed by atoms with Gasteiger partial charge in [0.15, 0.2) is 0 Å². The molecule has 2 aromatic carbocycles. The third-order valence-electron chi connectivity index (χ3n) is 7.32. The normalized spacial score (nSPS) is 19.3. The van der Waals surface area contributed by atoms with Crippen LogP contribution in [0.2, 0.25) is 0 Å². The zero-order valence-corrected chi connectivity index (χ0v) is 22.2. The number of ether oxygens (including phenoxy) is 1. The SMILES string of the molecule is Cc1ccc(S(=O)(=O)N2c3ccc(C(O)(C(F)(F)F)C(F)(F)F)cc3CC[C@H]2CNC(=O)C2CCOCC2)cc1. The highest BCUT2D eigenvalue weighted by atomic mass is 32.2. The fraction of sp³-hybridized carbons (Fsp3) is 0.500. The number of aliphatic hydroxyl groups is 1. The first-order chi connectivity index (χ1) is 18.6. The van der Waals surface area contributed by atoms with Crippen LogP contribution < -0.4 is 9.62 Å². The van der Waals surface area contributed by atoms with E-state index in [2.05, 4.69) is 5.32 Å². The molecule has 2 N–H and O–H groups in total. The van der Waals surface area contributed by atoms with Crippen molar-refractivity contribution in [2.24, 2.45) is 5.92 Å². The summed E-state index contributed by atoms with van der Waals surface area (Å²) in [5, 5.41) is 12.6. The summed E-state index contributed by atoms with van der Waals surface area (Å²) in [4.78, 5) is 12.6. The number of sulfonamides is 1. The van der Waals surface area contributed by atoms with E-state index in [1.54, 1.807) is 19.1 Å². The Labute approximate surface area is 227 Å². The van der Waals surface area contributed by atoms with Crippen molar-refractivity contribution >= 4 is 21.6 Å². The molecule has 4 rings (SSSR count). The highest BCUT2D eigenvalue weighted by Gasteiger charge is 2.71. The number of nitrogens with one attached hydrogen (secondary N) is 1. The Morgan fingerprint density at radius 2 is 1.60 bits per heavy atom. The molecule has 1 fully saturated rings. The molecule has 220 valence electrons. The summed E-state index contributed by atoms with van der Waals surface area (Å²) in [5.74, 6) is -0.616. The minimum Gasteiger partial charge on any atom is -0.381 e. The fourth-order valence-corrected chi connectivity index (χ4v) is 6.72. The Morgan fingerprint density at radius 3 is 2.17 bits per heavy atom. The Kier molecular flexibility index (Phi) is 8.18. The molecule has 1 atom stereocenters. The number of amides is 1. The van der Waals surface area contributed by atoms with Crippen molar-refractivity contribution in [3.8, 4) is 0 Å². The Balaban J connectivity index is 1.75. The Morgan fingerprint density at radius 1 is 1.00 bits per heavy atom. The number of halogens is 6. The van der Waals surface area contributed by atoms with E-state index in [4.69, 9.17) is 4.74 Å². The third kappa shape index (κ3) is 5.53. The third-order valence-corrected chi connectivity index (χ3v) is 9.20. The lowest BCUT2D eigenvalue weighted by atomic mass is 9.88. The minimum atomic E-state index is -6.08. The number of carbonyl (C=O) groups excluding carboxylic acids is 1. The van der Waals surface area contributed by atoms with E-state index in [0.29, 0.717) is 38.2 Å². The van der Waals surface area contributed by atoms with Gasteiger partial charge in [-0.25, -0.2) is 8.42 Å². The Hall–Kier alpha value is -2.84. The molecule has 1 saturated heterocycles. The summed E-state index contributed by atoms with van der Waals surface area (Å²) in [7, 11) is -4.36. The molecule has 0 spiro atoms. The van der Waals surface area contributed by atoms with Crippen LogP contribution in [0.25, 0.3) is 0 Å². The molecule has 1 amide bonds. The molecule has 2 aliphatic rings. The van der Waals surface area contributed by atoms with Crippen LogP contribution >= 0.6 is 0 Å². The number of rotatable bonds is 6. The molecule has 0 radical (unpaired) electrons. The molecule has 0 aromatic heterocycles. The van der Waals surface area contributed by atoms with Gasteiger partial charge in [-0.3, -0.25) is 9.10 Å². The predicted molar refractivity (Wildman–Crippen MR) is 132 cm³/mol. The molecule has 0 aliphatic carbocycles. The van der Waals surface area contributed by atoms with E-state index in [1.165, 1.54) is 12.1 Å². The molecule has 0 unspecified atom stereocenters. The second kappa shape index (κ2) is 10.9. The second-order valence-corrected chi connectivity index (χ2v) is 11.8. The van der Waals surface area contributed by atoms with Crippen molar-refractivity contribution in [1.82, 2.24) is 5.32 Å². The number of carbonyl (C=O) groups is 1. The fourth-order valence-electron chi connectivity index (χ4n) is 5.01. The molecule has 0 saturated carbocycles. The lowest BCUT2D eigenvalue weighted by Crippen LogP contribution is -2.54. The van der Waals surface area contributed by atoms with Gasteiger partial charge >= 0.3 is 12.4 Å². The van der Waals surface area contributed by atoms with Crippen LogP contribution in [-0.4, -0.2) is 57.6 Å². The van der Waals surface area contributed by atoms with E-state index in [0.717, 1.165) is 15.9 Å². The highest BCUT2D eigenvalue weighted by molar-refractivity contribution is 7.92. The smallest absolute Gasteiger partial charge is 0.381 e. The molecule has 7 nitrogen and oxygen atoms in total. The monoisotopic (exact) mass is 594 g/mol. The number of fused-ring (bicyclic) bond motifs is 1. The summed E-state index contributed by atoms with van der Waals surface area (Å²) < 4.78 is 115. The zero-order chi connectivity index (χ0) is 29.5. The number of aryl methyl sites for hydroxylation is 2. The van der Waals surface area contributed by atoms with E-state index in [1.807, 2.05) is 0 Å². The van der Waals surface area contributed by atoms with Crippen molar-refractivity contribution in [3.63, 3.8) is 0 Å². The number of hydrogen-bond acceptors (Lipinski definition) is 5. The number of alkyl halides is 6. The molecule has 14 heteroatoms. The van der Waals surface area contributed by atoms with Crippen LogP contribution in [0.4, 0.5) is 32.0 Å². The standard InChI is InChI=1S/C26H28F6N2O5S/c1-16-2-7-21(8-3-16)40(37,38)34-20(15-33-23(35)17-10-12-39-13-11-17)6-4-18-14-19(5-9-22(18)34)24(36,25(27,28)29)26(30,31)32/h2-3,5,7-9,14,17,20,36H,4,6,10-13,15H2,1H3,(H,33,35)/t20-/m0/s1. The number of anilines is 1. The summed E-state index contributed by atoms with van der Waals surface area (Å²) in [5.41, 5.74) is -6.10. The first-order valence-electron chi connectivity index (χ1n) is 12.5. The van der Waals surface area contributed by atoms with Gasteiger partial charge in [0.25, 0.3) is 15.6 Å². The predicted octanol–water partition coefficient (Wildman–Crippen LogP) is 4.36. The molecular weight excluding hydrogens is 566 g/mol. The number of nitrogens with zero attached hydrogens (tertiary/aromatic N) is 1. The molecule has 2 aliphatic heterocycles. The van der Waals surface area contributed by atoms with Crippen LogP contribution in [-0.2, 0) is 31.6 Å². The van der Waals surface area contributed by atoms with Crippen molar-refractivity contribution < 1.29 is 49.4 Å². The number of benzene rings is 2. The molecule has 2 heterocycles. The maximum Gasteiger partial charge on any atom is 0.430 e. The first kappa shape index (κ1) is 30.1. The van der Waals surface area contributed by atoms with Gasteiger partial charge < -0.3 is 15.2 Å². The minimum absolute atomic E-state index is 0.00787. The molecular formula is C26H28F6N2O5S. The van der Waals surface area contributed by atoms with Gasteiger partial charge in [0, 0.05) is 31.2 Å². The van der Waals surface area contributed by atoms with Crippen molar-refractivity contribution in [1.29, 1.82) is 0 Å². The summed E-state index contributed by atoms with van der Waals surface area (Å²) in [6.07, 6.45) is -11.3. The summed E-state index contributed by atoms with van der Waals surface area (Å²) in [6, 6.07) is 6.73. The van der Waals surface area contributed by atoms with E-state index in [9.17, 15) is 44.7 Å². The van der Waals surface area contributed by atoms with Crippen LogP contribution in [0.3, 0.4) is 0 Å². The van der Waals surface area contributed by atoms with Gasteiger partial charge in [0.2, 0.25) is 5.91 Å². The van der Waals surface area contributed by atoms with E-state index < -0.39 is 39.6 Å². The van der Waals surface area contributed by atoms with Gasteiger partial charge in [-0.2, -0.15) is 26.3 Å². The van der Waals surface area contributed by atoms with Gasteiger partial charge in [0.05, 0.1) is 16.6 Å². The lowest BCUT2D eigenvalue weighted by Gasteiger charge is -2.39. The van der Waals surface area contributed by atoms with Crippen molar-refractivity contribution in [2.75, 3.05) is 24.1 Å². The Bertz CT molecular complexity index is 1320. The van der Waals surface area contributed by atoms with Gasteiger partial charge in [-0.1, -0.05) is 29.8 Å². The molecule has 40 heavy (non-hydrogen) atoms. The summed E-state index contributed by atoms with van der Waals surface area (Å²) in [6.45, 7) is 2.43. The van der Waals surface area contributed by atoms with Crippen molar-refractivity contribution in [3.05, 3.63) is 59.2 Å². The van der Waals surface area contributed by atoms with E-state index >= 15 is 0 Å². The summed E-state index contributed by atoms with van der Waals surface area (Å²) >= 11 is 0. The average molecular weight is 595 g/mol. The maximum atomic E-state index is 13.8. The van der Waals surface area contributed by atoms with Crippen LogP contribution in [0.15, 0.2) is 47.4 Å². The highest BCUT2D eigenvalue weighted by Crippen LogP contribution is 2.51. The topological polar surface area (TPSA) is 95.9 Å². The molecule has 0 bridgehead atoms. The molecule has 2 aromatic rings. The van der Waals surface area contributed by atoms with Gasteiger partial charge in [-0.15, -0.1) is 0 Å². The number of hydrogen-bond donors (Lipinski definition) is 2. The van der Waals surface area contributed by atoms with Gasteiger partial charge in [0.1, 0.15) is 0 Å². The quantitative estimate of drug-likeness (QED) is 0.485. The van der Waals surface area contributed by atoms with E-state index in [-0.39, 0.29) is 47.4 Å². The zero-order valence-electron chi connectivity index (χ0n) is 21.3. The van der Waals surface area contributed by atoms with Crippen LogP contribution in [0.5, 0.6) is 0 Å². The maximum absolute atomic E-state index is 13.8. The lowest BCUT2D eigenvalue weighted by molar-refractivity contribution is -0.376. The van der Waals surface area contributed by atoms with Crippen LogP contribution in [0.1, 0.15) is 36.0 Å². The van der Waals surface area contributed by atoms with Gasteiger partial charge in [-0.05, 0) is 56.4 Å². The van der Waals surface area contributed by atoms with Crippen molar-refractivity contribution in [2.45, 2.75) is 61.5 Å². The average Bonchev–Trinajstić information content (AvgIpc) is 2.89. The second-order valence-electron chi connectivity index (χ2n) is 9.99. The largest absolute Gasteiger partial charge is 0.430 e.